The number of rotatable bonds is 8. The van der Waals surface area contributed by atoms with Crippen molar-refractivity contribution in [3.8, 4) is 5.75 Å². The zero-order chi connectivity index (χ0) is 17.5. The van der Waals surface area contributed by atoms with Gasteiger partial charge in [-0.25, -0.2) is 0 Å². The minimum absolute atomic E-state index is 0.226. The van der Waals surface area contributed by atoms with Crippen molar-refractivity contribution in [2.75, 3.05) is 27.4 Å². The van der Waals surface area contributed by atoms with Gasteiger partial charge in [0, 0.05) is 0 Å². The van der Waals surface area contributed by atoms with Crippen molar-refractivity contribution in [2.24, 2.45) is 0 Å². The number of carbonyl (C=O) groups excluding carboxylic acids is 2. The van der Waals surface area contributed by atoms with Crippen molar-refractivity contribution >= 4 is 29.0 Å². The normalized spacial score (nSPS) is 16.5. The number of hydrogen-bond donors (Lipinski definition) is 0. The second kappa shape index (κ2) is 8.89. The summed E-state index contributed by atoms with van der Waals surface area (Å²) in [6.45, 7) is 3.18. The highest BCUT2D eigenvalue weighted by molar-refractivity contribution is 8.18. The highest BCUT2D eigenvalue weighted by Crippen LogP contribution is 2.32. The molecule has 24 heavy (non-hydrogen) atoms. The minimum atomic E-state index is -0.237. The van der Waals surface area contributed by atoms with E-state index in [0.717, 1.165) is 36.1 Å². The van der Waals surface area contributed by atoms with Crippen molar-refractivity contribution in [1.82, 2.24) is 9.80 Å². The molecule has 1 saturated heterocycles. The molecule has 0 spiro atoms. The fraction of sp³-hybridized carbons (Fsp3) is 0.444. The summed E-state index contributed by atoms with van der Waals surface area (Å²) in [5, 5.41) is -0.226. The van der Waals surface area contributed by atoms with Crippen LogP contribution in [0.4, 0.5) is 4.79 Å². The molecule has 1 heterocycles. The first kappa shape index (κ1) is 18.5. The lowest BCUT2D eigenvalue weighted by Gasteiger charge is -2.17. The molecule has 2 rings (SSSR count). The van der Waals surface area contributed by atoms with Gasteiger partial charge in [0.2, 0.25) is 0 Å². The lowest BCUT2D eigenvalue weighted by molar-refractivity contribution is -0.123. The summed E-state index contributed by atoms with van der Waals surface area (Å²) in [6.07, 6.45) is 5.14. The Kier molecular flexibility index (Phi) is 6.87. The van der Waals surface area contributed by atoms with Gasteiger partial charge in [0.05, 0.1) is 18.2 Å². The maximum atomic E-state index is 12.3. The SMILES string of the molecule is CCCCCOc1ccc(C=C2SC(=O)N(CN(C)C)C2=O)cc1. The maximum absolute atomic E-state index is 12.3. The molecule has 0 bridgehead atoms. The van der Waals surface area contributed by atoms with Crippen molar-refractivity contribution in [1.29, 1.82) is 0 Å². The third-order valence-corrected chi connectivity index (χ3v) is 4.40. The molecule has 5 nitrogen and oxygen atoms in total. The molecule has 0 radical (unpaired) electrons. The third-order valence-electron chi connectivity index (χ3n) is 3.49. The van der Waals surface area contributed by atoms with Crippen LogP contribution in [0.3, 0.4) is 0 Å². The topological polar surface area (TPSA) is 49.9 Å². The van der Waals surface area contributed by atoms with E-state index in [1.807, 2.05) is 38.4 Å². The van der Waals surface area contributed by atoms with Gasteiger partial charge in [-0.2, -0.15) is 0 Å². The zero-order valence-corrected chi connectivity index (χ0v) is 15.3. The first-order valence-electron chi connectivity index (χ1n) is 8.14. The number of nitrogens with zero attached hydrogens (tertiary/aromatic N) is 2. The largest absolute Gasteiger partial charge is 0.494 e. The van der Waals surface area contributed by atoms with Gasteiger partial charge < -0.3 is 4.74 Å². The van der Waals surface area contributed by atoms with E-state index >= 15 is 0 Å². The molecule has 0 aliphatic carbocycles. The Balaban J connectivity index is 1.98. The number of ether oxygens (including phenoxy) is 1. The Labute approximate surface area is 147 Å². The van der Waals surface area contributed by atoms with Crippen LogP contribution in [0, 0.1) is 0 Å². The number of thioether (sulfide) groups is 1. The molecule has 0 unspecified atom stereocenters. The van der Waals surface area contributed by atoms with E-state index in [0.29, 0.717) is 11.6 Å². The Morgan fingerprint density at radius 1 is 1.17 bits per heavy atom. The average Bonchev–Trinajstić information content (AvgIpc) is 2.80. The van der Waals surface area contributed by atoms with Gasteiger partial charge >= 0.3 is 0 Å². The van der Waals surface area contributed by atoms with Gasteiger partial charge in [0.25, 0.3) is 11.1 Å². The van der Waals surface area contributed by atoms with Crippen LogP contribution in [0.2, 0.25) is 0 Å². The molecule has 1 aliphatic heterocycles. The smallest absolute Gasteiger partial charge is 0.294 e. The minimum Gasteiger partial charge on any atom is -0.494 e. The molecule has 1 aromatic carbocycles. The molecule has 1 fully saturated rings. The summed E-state index contributed by atoms with van der Waals surface area (Å²) in [5.74, 6) is 0.586. The van der Waals surface area contributed by atoms with Gasteiger partial charge in [-0.05, 0) is 56.1 Å². The molecule has 0 atom stereocenters. The molecular formula is C18H24N2O3S. The Morgan fingerprint density at radius 2 is 1.88 bits per heavy atom. The van der Waals surface area contributed by atoms with Crippen LogP contribution in [-0.4, -0.2) is 48.3 Å². The highest BCUT2D eigenvalue weighted by Gasteiger charge is 2.35. The Hall–Kier alpha value is -1.79. The lowest BCUT2D eigenvalue weighted by atomic mass is 10.2. The number of hydrogen-bond acceptors (Lipinski definition) is 5. The molecule has 6 heteroatoms. The second-order valence-corrected chi connectivity index (χ2v) is 6.95. The fourth-order valence-electron chi connectivity index (χ4n) is 2.26. The summed E-state index contributed by atoms with van der Waals surface area (Å²) >= 11 is 0.983. The van der Waals surface area contributed by atoms with Gasteiger partial charge in [0.15, 0.2) is 0 Å². The first-order valence-corrected chi connectivity index (χ1v) is 8.96. The number of amides is 2. The van der Waals surface area contributed by atoms with E-state index in [-0.39, 0.29) is 11.1 Å². The fourth-order valence-corrected chi connectivity index (χ4v) is 3.09. The van der Waals surface area contributed by atoms with Crippen LogP contribution in [0.15, 0.2) is 29.2 Å². The van der Waals surface area contributed by atoms with Crippen LogP contribution in [-0.2, 0) is 4.79 Å². The number of carbonyl (C=O) groups is 2. The van der Waals surface area contributed by atoms with E-state index in [9.17, 15) is 9.59 Å². The monoisotopic (exact) mass is 348 g/mol. The summed E-state index contributed by atoms with van der Waals surface area (Å²) in [6, 6.07) is 7.58. The molecule has 0 saturated carbocycles. The summed E-state index contributed by atoms with van der Waals surface area (Å²) in [5.41, 5.74) is 0.881. The second-order valence-electron chi connectivity index (χ2n) is 5.96. The van der Waals surface area contributed by atoms with Crippen molar-refractivity contribution in [3.05, 3.63) is 34.7 Å². The molecule has 1 aliphatic rings. The van der Waals surface area contributed by atoms with Gasteiger partial charge in [-0.15, -0.1) is 0 Å². The quantitative estimate of drug-likeness (QED) is 0.528. The van der Waals surface area contributed by atoms with Gasteiger partial charge in [-0.1, -0.05) is 31.9 Å². The Morgan fingerprint density at radius 3 is 2.50 bits per heavy atom. The van der Waals surface area contributed by atoms with E-state index in [1.165, 1.54) is 17.7 Å². The standard InChI is InChI=1S/C18H24N2O3S/c1-4-5-6-11-23-15-9-7-14(8-10-15)12-16-17(21)20(13-19(2)3)18(22)24-16/h7-10,12H,4-6,11,13H2,1-3H3. The first-order chi connectivity index (χ1) is 11.5. The molecule has 1 aromatic rings. The van der Waals surface area contributed by atoms with E-state index < -0.39 is 0 Å². The molecule has 0 N–H and O–H groups in total. The van der Waals surface area contributed by atoms with E-state index in [4.69, 9.17) is 4.74 Å². The van der Waals surface area contributed by atoms with Crippen LogP contribution < -0.4 is 4.74 Å². The number of imide groups is 1. The van der Waals surface area contributed by atoms with Crippen LogP contribution in [0.25, 0.3) is 6.08 Å². The number of unbranched alkanes of at least 4 members (excludes halogenated alkanes) is 2. The summed E-state index contributed by atoms with van der Waals surface area (Å²) in [4.78, 5) is 27.7. The zero-order valence-electron chi connectivity index (χ0n) is 14.4. The van der Waals surface area contributed by atoms with Crippen LogP contribution >= 0.6 is 11.8 Å². The molecule has 0 aromatic heterocycles. The predicted molar refractivity (Wildman–Crippen MR) is 97.8 cm³/mol. The van der Waals surface area contributed by atoms with Crippen molar-refractivity contribution in [2.45, 2.75) is 26.2 Å². The van der Waals surface area contributed by atoms with Crippen molar-refractivity contribution in [3.63, 3.8) is 0 Å². The molecular weight excluding hydrogens is 324 g/mol. The highest BCUT2D eigenvalue weighted by atomic mass is 32.2. The summed E-state index contributed by atoms with van der Waals surface area (Å²) < 4.78 is 5.67. The van der Waals surface area contributed by atoms with E-state index in [2.05, 4.69) is 6.92 Å². The average molecular weight is 348 g/mol. The van der Waals surface area contributed by atoms with E-state index in [1.54, 1.807) is 11.0 Å². The predicted octanol–water partition coefficient (Wildman–Crippen LogP) is 3.81. The summed E-state index contributed by atoms with van der Waals surface area (Å²) in [7, 11) is 3.65. The van der Waals surface area contributed by atoms with Crippen LogP contribution in [0.1, 0.15) is 31.7 Å². The van der Waals surface area contributed by atoms with Gasteiger partial charge in [0.1, 0.15) is 5.75 Å². The lowest BCUT2D eigenvalue weighted by Crippen LogP contribution is -2.36. The van der Waals surface area contributed by atoms with Crippen LogP contribution in [0.5, 0.6) is 5.75 Å². The molecule has 2 amide bonds. The maximum Gasteiger partial charge on any atom is 0.294 e. The third kappa shape index (κ3) is 5.11. The number of benzene rings is 1. The molecule has 130 valence electrons. The van der Waals surface area contributed by atoms with Crippen molar-refractivity contribution < 1.29 is 14.3 Å². The Bertz CT molecular complexity index is 611. The van der Waals surface area contributed by atoms with Gasteiger partial charge in [-0.3, -0.25) is 19.4 Å².